The SMILES string of the molecule is CCCCn1c(N)c(N(CCC(C)C)C(=O)c2ccc(OCCC(C)C)c(OC)c2)c(=O)[nH]c1=O. The number of methoxy groups -OCH3 is 1. The van der Waals surface area contributed by atoms with E-state index >= 15 is 0 Å². The van der Waals surface area contributed by atoms with E-state index in [4.69, 9.17) is 15.2 Å². The van der Waals surface area contributed by atoms with Gasteiger partial charge in [-0.1, -0.05) is 41.0 Å². The van der Waals surface area contributed by atoms with Crippen LogP contribution in [0.3, 0.4) is 0 Å². The standard InChI is InChI=1S/C26H40N4O5/c1-7-8-13-30-23(27)22(24(31)28-26(30)33)29(14-11-17(2)3)25(32)19-9-10-20(21(16-19)34-6)35-15-12-18(4)5/h9-10,16-18H,7-8,11-15,27H2,1-6H3,(H,28,31,33). The minimum Gasteiger partial charge on any atom is -0.493 e. The summed E-state index contributed by atoms with van der Waals surface area (Å²) < 4.78 is 12.6. The second kappa shape index (κ2) is 13.0. The number of rotatable bonds is 13. The van der Waals surface area contributed by atoms with Gasteiger partial charge in [0.2, 0.25) is 0 Å². The molecule has 1 amide bonds. The Bertz CT molecular complexity index is 1100. The van der Waals surface area contributed by atoms with E-state index in [-0.39, 0.29) is 24.0 Å². The fourth-order valence-electron chi connectivity index (χ4n) is 3.56. The molecule has 0 radical (unpaired) electrons. The van der Waals surface area contributed by atoms with Crippen molar-refractivity contribution in [2.75, 3.05) is 30.9 Å². The molecule has 0 aliphatic heterocycles. The lowest BCUT2D eigenvalue weighted by Crippen LogP contribution is -2.42. The first-order valence-corrected chi connectivity index (χ1v) is 12.4. The summed E-state index contributed by atoms with van der Waals surface area (Å²) in [6.07, 6.45) is 3.10. The van der Waals surface area contributed by atoms with Gasteiger partial charge in [-0.05, 0) is 49.3 Å². The molecule has 3 N–H and O–H groups in total. The summed E-state index contributed by atoms with van der Waals surface area (Å²) in [5.41, 5.74) is 5.37. The number of nitrogen functional groups attached to an aromatic ring is 1. The van der Waals surface area contributed by atoms with Gasteiger partial charge in [0.05, 0.1) is 13.7 Å². The van der Waals surface area contributed by atoms with E-state index < -0.39 is 17.2 Å². The zero-order valence-electron chi connectivity index (χ0n) is 21.8. The molecule has 0 saturated heterocycles. The van der Waals surface area contributed by atoms with Crippen LogP contribution < -0.4 is 31.4 Å². The van der Waals surface area contributed by atoms with Crippen LogP contribution in [0.1, 0.15) is 70.7 Å². The molecular weight excluding hydrogens is 448 g/mol. The van der Waals surface area contributed by atoms with Crippen molar-refractivity contribution in [1.29, 1.82) is 0 Å². The van der Waals surface area contributed by atoms with Gasteiger partial charge in [0.15, 0.2) is 17.2 Å². The molecule has 0 aliphatic rings. The quantitative estimate of drug-likeness (QED) is 0.439. The van der Waals surface area contributed by atoms with Crippen molar-refractivity contribution in [3.05, 3.63) is 44.6 Å². The lowest BCUT2D eigenvalue weighted by molar-refractivity contribution is 0.0985. The molecule has 2 aromatic rings. The van der Waals surface area contributed by atoms with Crippen molar-refractivity contribution in [2.24, 2.45) is 11.8 Å². The van der Waals surface area contributed by atoms with Gasteiger partial charge < -0.3 is 20.1 Å². The topological polar surface area (TPSA) is 120 Å². The van der Waals surface area contributed by atoms with E-state index in [2.05, 4.69) is 18.8 Å². The number of amides is 1. The van der Waals surface area contributed by atoms with Gasteiger partial charge in [-0.3, -0.25) is 19.1 Å². The number of hydrogen-bond acceptors (Lipinski definition) is 6. The number of carbonyl (C=O) groups is 1. The average molecular weight is 489 g/mol. The number of aromatic amines is 1. The van der Waals surface area contributed by atoms with Crippen LogP contribution in [0.2, 0.25) is 0 Å². The fourth-order valence-corrected chi connectivity index (χ4v) is 3.56. The van der Waals surface area contributed by atoms with Crippen LogP contribution >= 0.6 is 0 Å². The summed E-state index contributed by atoms with van der Waals surface area (Å²) in [7, 11) is 1.52. The van der Waals surface area contributed by atoms with Gasteiger partial charge in [0, 0.05) is 18.7 Å². The third kappa shape index (κ3) is 7.37. The van der Waals surface area contributed by atoms with Gasteiger partial charge in [0.25, 0.3) is 11.5 Å². The van der Waals surface area contributed by atoms with Crippen LogP contribution in [-0.4, -0.2) is 35.7 Å². The number of benzene rings is 1. The number of hydrogen-bond donors (Lipinski definition) is 2. The Morgan fingerprint density at radius 3 is 2.40 bits per heavy atom. The first-order valence-electron chi connectivity index (χ1n) is 12.4. The van der Waals surface area contributed by atoms with Gasteiger partial charge in [-0.25, -0.2) is 4.79 Å². The maximum Gasteiger partial charge on any atom is 0.330 e. The first-order chi connectivity index (χ1) is 16.6. The third-order valence-electron chi connectivity index (χ3n) is 5.76. The second-order valence-corrected chi connectivity index (χ2v) is 9.53. The third-order valence-corrected chi connectivity index (χ3v) is 5.76. The van der Waals surface area contributed by atoms with E-state index in [1.165, 1.54) is 16.6 Å². The summed E-state index contributed by atoms with van der Waals surface area (Å²) in [6, 6.07) is 4.95. The first kappa shape index (κ1) is 28.0. The maximum absolute atomic E-state index is 13.7. The van der Waals surface area contributed by atoms with Crippen LogP contribution in [0.25, 0.3) is 0 Å². The molecule has 2 rings (SSSR count). The number of nitrogens with one attached hydrogen (secondary N) is 1. The fraction of sp³-hybridized carbons (Fsp3) is 0.577. The highest BCUT2D eigenvalue weighted by Gasteiger charge is 2.26. The van der Waals surface area contributed by atoms with Crippen LogP contribution in [-0.2, 0) is 6.54 Å². The number of nitrogens with zero attached hydrogens (tertiary/aromatic N) is 2. The molecule has 9 nitrogen and oxygen atoms in total. The molecule has 1 aromatic heterocycles. The van der Waals surface area contributed by atoms with Crippen molar-refractivity contribution >= 4 is 17.4 Å². The summed E-state index contributed by atoms with van der Waals surface area (Å²) in [4.78, 5) is 42.6. The Balaban J connectivity index is 2.50. The van der Waals surface area contributed by atoms with Gasteiger partial charge >= 0.3 is 5.69 Å². The predicted molar refractivity (Wildman–Crippen MR) is 140 cm³/mol. The molecule has 0 bridgehead atoms. The van der Waals surface area contributed by atoms with E-state index in [1.807, 2.05) is 20.8 Å². The molecule has 0 fully saturated rings. The minimum atomic E-state index is -0.682. The monoisotopic (exact) mass is 488 g/mol. The van der Waals surface area contributed by atoms with Crippen molar-refractivity contribution in [3.8, 4) is 11.5 Å². The second-order valence-electron chi connectivity index (χ2n) is 9.53. The van der Waals surface area contributed by atoms with Crippen LogP contribution in [0, 0.1) is 11.8 Å². The molecule has 0 saturated carbocycles. The molecule has 1 heterocycles. The van der Waals surface area contributed by atoms with Gasteiger partial charge in [0.1, 0.15) is 5.82 Å². The summed E-state index contributed by atoms with van der Waals surface area (Å²) >= 11 is 0. The summed E-state index contributed by atoms with van der Waals surface area (Å²) in [5, 5.41) is 0. The highest BCUT2D eigenvalue weighted by molar-refractivity contribution is 6.07. The van der Waals surface area contributed by atoms with Crippen LogP contribution in [0.15, 0.2) is 27.8 Å². The number of H-pyrrole nitrogens is 1. The molecule has 9 heteroatoms. The number of carbonyl (C=O) groups excluding carboxylic acids is 1. The summed E-state index contributed by atoms with van der Waals surface area (Å²) in [5.74, 6) is 1.34. The minimum absolute atomic E-state index is 0.00934. The van der Waals surface area contributed by atoms with Crippen molar-refractivity contribution < 1.29 is 14.3 Å². The Morgan fingerprint density at radius 1 is 1.11 bits per heavy atom. The van der Waals surface area contributed by atoms with Gasteiger partial charge in [-0.2, -0.15) is 0 Å². The number of unbranched alkanes of at least 4 members (excludes halogenated alkanes) is 1. The zero-order chi connectivity index (χ0) is 26.1. The predicted octanol–water partition coefficient (Wildman–Crippen LogP) is 4.05. The van der Waals surface area contributed by atoms with E-state index in [1.54, 1.807) is 18.2 Å². The molecule has 0 aliphatic carbocycles. The lowest BCUT2D eigenvalue weighted by atomic mass is 10.1. The number of nitrogens with two attached hydrogens (primary N) is 1. The molecule has 0 unspecified atom stereocenters. The van der Waals surface area contributed by atoms with E-state index in [0.717, 1.165) is 12.8 Å². The van der Waals surface area contributed by atoms with Crippen molar-refractivity contribution in [3.63, 3.8) is 0 Å². The maximum atomic E-state index is 13.7. The van der Waals surface area contributed by atoms with E-state index in [9.17, 15) is 14.4 Å². The van der Waals surface area contributed by atoms with Crippen molar-refractivity contribution in [2.45, 2.75) is 66.8 Å². The molecule has 0 spiro atoms. The normalized spacial score (nSPS) is 11.2. The smallest absolute Gasteiger partial charge is 0.330 e. The largest absolute Gasteiger partial charge is 0.493 e. The Hall–Kier alpha value is -3.23. The number of anilines is 2. The molecule has 1 aromatic carbocycles. The molecule has 35 heavy (non-hydrogen) atoms. The molecule has 0 atom stereocenters. The summed E-state index contributed by atoms with van der Waals surface area (Å²) in [6.45, 7) is 11.5. The Labute approximate surface area is 207 Å². The highest BCUT2D eigenvalue weighted by atomic mass is 16.5. The highest BCUT2D eigenvalue weighted by Crippen LogP contribution is 2.30. The van der Waals surface area contributed by atoms with Gasteiger partial charge in [-0.15, -0.1) is 0 Å². The lowest BCUT2D eigenvalue weighted by Gasteiger charge is -2.25. The Morgan fingerprint density at radius 2 is 1.80 bits per heavy atom. The molecular formula is C26H40N4O5. The van der Waals surface area contributed by atoms with Crippen LogP contribution in [0.5, 0.6) is 11.5 Å². The number of ether oxygens (including phenoxy) is 2. The van der Waals surface area contributed by atoms with Crippen LogP contribution in [0.4, 0.5) is 11.5 Å². The Kier molecular flexibility index (Phi) is 10.4. The molecule has 194 valence electrons. The van der Waals surface area contributed by atoms with Crippen molar-refractivity contribution in [1.82, 2.24) is 9.55 Å². The van der Waals surface area contributed by atoms with E-state index in [0.29, 0.717) is 49.0 Å². The number of aromatic nitrogens is 2. The zero-order valence-corrected chi connectivity index (χ0v) is 21.8. The average Bonchev–Trinajstić information content (AvgIpc) is 2.80.